The second-order valence-electron chi connectivity index (χ2n) is 7.04. The quantitative estimate of drug-likeness (QED) is 0.626. The third-order valence-electron chi connectivity index (χ3n) is 4.85. The third-order valence-corrected chi connectivity index (χ3v) is 5.61. The van der Waals surface area contributed by atoms with E-state index < -0.39 is 11.9 Å². The van der Waals surface area contributed by atoms with E-state index in [4.69, 9.17) is 4.42 Å². The first-order valence-corrected chi connectivity index (χ1v) is 10.5. The van der Waals surface area contributed by atoms with Crippen LogP contribution in [0.5, 0.6) is 0 Å². The Morgan fingerprint density at radius 3 is 2.81 bits per heavy atom. The molecule has 1 atom stereocenters. The summed E-state index contributed by atoms with van der Waals surface area (Å²) < 4.78 is 19.6. The first-order chi connectivity index (χ1) is 14.9. The lowest BCUT2D eigenvalue weighted by molar-refractivity contribution is -0.119. The van der Waals surface area contributed by atoms with Crippen LogP contribution in [0.2, 0.25) is 0 Å². The van der Waals surface area contributed by atoms with Crippen molar-refractivity contribution in [3.8, 4) is 11.3 Å². The largest absolute Gasteiger partial charge is 0.459 e. The van der Waals surface area contributed by atoms with Gasteiger partial charge in [0.2, 0.25) is 11.8 Å². The van der Waals surface area contributed by atoms with Crippen molar-refractivity contribution in [2.24, 2.45) is 0 Å². The van der Waals surface area contributed by atoms with Crippen LogP contribution < -0.4 is 10.6 Å². The number of thiazole rings is 1. The fourth-order valence-electron chi connectivity index (χ4n) is 3.47. The maximum atomic E-state index is 14.5. The summed E-state index contributed by atoms with van der Waals surface area (Å²) in [6.45, 7) is 1.81. The van der Waals surface area contributed by atoms with Crippen LogP contribution in [-0.4, -0.2) is 40.2 Å². The number of anilines is 2. The van der Waals surface area contributed by atoms with E-state index >= 15 is 0 Å². The Kier molecular flexibility index (Phi) is 5.81. The first kappa shape index (κ1) is 20.7. The summed E-state index contributed by atoms with van der Waals surface area (Å²) in [6.07, 6.45) is 2.66. The number of nitrogens with one attached hydrogen (secondary N) is 2. The maximum Gasteiger partial charge on any atom is 0.290 e. The van der Waals surface area contributed by atoms with Crippen molar-refractivity contribution in [2.45, 2.75) is 25.8 Å². The lowest BCUT2D eigenvalue weighted by Crippen LogP contribution is -2.43. The van der Waals surface area contributed by atoms with Crippen molar-refractivity contribution in [1.29, 1.82) is 0 Å². The molecule has 31 heavy (non-hydrogen) atoms. The number of nitrogens with zero attached hydrogens (tertiary/aromatic N) is 2. The van der Waals surface area contributed by atoms with E-state index in [2.05, 4.69) is 15.6 Å². The monoisotopic (exact) mass is 442 g/mol. The second kappa shape index (κ2) is 8.68. The van der Waals surface area contributed by atoms with Crippen LogP contribution in [0.4, 0.5) is 15.2 Å². The van der Waals surface area contributed by atoms with Gasteiger partial charge in [0, 0.05) is 30.1 Å². The number of benzene rings is 1. The van der Waals surface area contributed by atoms with Gasteiger partial charge >= 0.3 is 0 Å². The Hall–Kier alpha value is -3.53. The summed E-state index contributed by atoms with van der Waals surface area (Å²) in [5.41, 5.74) is 0.962. The van der Waals surface area contributed by atoms with Crippen molar-refractivity contribution in [2.75, 3.05) is 17.2 Å². The fourth-order valence-corrected chi connectivity index (χ4v) is 4.19. The zero-order chi connectivity index (χ0) is 22.0. The molecule has 0 saturated carbocycles. The highest BCUT2D eigenvalue weighted by molar-refractivity contribution is 7.14. The molecule has 4 rings (SSSR count). The average Bonchev–Trinajstić information content (AvgIpc) is 3.48. The Morgan fingerprint density at radius 1 is 1.26 bits per heavy atom. The average molecular weight is 442 g/mol. The number of rotatable bonds is 5. The molecule has 0 bridgehead atoms. The molecule has 0 aliphatic carbocycles. The lowest BCUT2D eigenvalue weighted by atomic mass is 10.1. The highest BCUT2D eigenvalue weighted by Gasteiger charge is 2.35. The van der Waals surface area contributed by atoms with Gasteiger partial charge in [0.1, 0.15) is 11.9 Å². The predicted molar refractivity (Wildman–Crippen MR) is 113 cm³/mol. The van der Waals surface area contributed by atoms with E-state index in [1.54, 1.807) is 23.6 Å². The minimum atomic E-state index is -0.626. The number of amides is 3. The van der Waals surface area contributed by atoms with Crippen molar-refractivity contribution < 1.29 is 23.2 Å². The number of halogens is 1. The summed E-state index contributed by atoms with van der Waals surface area (Å²) in [7, 11) is 0. The summed E-state index contributed by atoms with van der Waals surface area (Å²) in [6, 6.07) is 6.87. The van der Waals surface area contributed by atoms with Crippen molar-refractivity contribution in [3.63, 3.8) is 0 Å². The van der Waals surface area contributed by atoms with E-state index in [1.807, 2.05) is 0 Å². The molecule has 160 valence electrons. The van der Waals surface area contributed by atoms with Gasteiger partial charge in [-0.1, -0.05) is 0 Å². The van der Waals surface area contributed by atoms with Crippen LogP contribution in [0.15, 0.2) is 46.4 Å². The molecular formula is C21H19FN4O4S. The van der Waals surface area contributed by atoms with E-state index in [-0.39, 0.29) is 29.0 Å². The van der Waals surface area contributed by atoms with E-state index in [1.165, 1.54) is 30.2 Å². The van der Waals surface area contributed by atoms with Gasteiger partial charge in [0.05, 0.1) is 12.0 Å². The second-order valence-corrected chi connectivity index (χ2v) is 7.89. The third kappa shape index (κ3) is 4.48. The topological polar surface area (TPSA) is 105 Å². The predicted octanol–water partition coefficient (Wildman–Crippen LogP) is 3.74. The number of carbonyl (C=O) groups is 3. The molecule has 1 saturated heterocycles. The highest BCUT2D eigenvalue weighted by atomic mass is 32.1. The van der Waals surface area contributed by atoms with Crippen molar-refractivity contribution in [1.82, 2.24) is 9.88 Å². The van der Waals surface area contributed by atoms with Crippen molar-refractivity contribution in [3.05, 3.63) is 53.6 Å². The molecule has 1 aliphatic heterocycles. The molecule has 3 aromatic rings. The van der Waals surface area contributed by atoms with Crippen LogP contribution >= 0.6 is 11.3 Å². The minimum Gasteiger partial charge on any atom is -0.459 e. The molecule has 8 nitrogen and oxygen atoms in total. The Labute approximate surface area is 181 Å². The van der Waals surface area contributed by atoms with Gasteiger partial charge in [-0.3, -0.25) is 14.4 Å². The standard InChI is InChI=1S/C21H19FN4O4S/c1-12(27)23-13-6-7-14(15(22)10-13)16-11-31-21(24-16)25-19(28)17-4-2-8-26(17)20(29)18-5-3-9-30-18/h3,5-7,9-11,17H,2,4,8H2,1H3,(H,23,27)(H,24,25,28). The van der Waals surface area contributed by atoms with Gasteiger partial charge in [-0.2, -0.15) is 0 Å². The van der Waals surface area contributed by atoms with Crippen LogP contribution in [0.1, 0.15) is 30.3 Å². The fraction of sp³-hybridized carbons (Fsp3) is 0.238. The molecule has 0 radical (unpaired) electrons. The normalized spacial score (nSPS) is 15.7. The number of likely N-dealkylation sites (tertiary alicyclic amines) is 1. The molecule has 3 heterocycles. The van der Waals surface area contributed by atoms with Gasteiger partial charge in [0.15, 0.2) is 10.9 Å². The Morgan fingerprint density at radius 2 is 2.10 bits per heavy atom. The van der Waals surface area contributed by atoms with Crippen LogP contribution in [0.3, 0.4) is 0 Å². The smallest absolute Gasteiger partial charge is 0.290 e. The first-order valence-electron chi connectivity index (χ1n) is 9.61. The SMILES string of the molecule is CC(=O)Nc1ccc(-c2csc(NC(=O)C3CCCN3C(=O)c3ccco3)n2)c(F)c1. The molecular weight excluding hydrogens is 423 g/mol. The van der Waals surface area contributed by atoms with E-state index in [9.17, 15) is 18.8 Å². The number of hydrogen-bond donors (Lipinski definition) is 2. The molecule has 3 amide bonds. The van der Waals surface area contributed by atoms with Gasteiger partial charge in [-0.25, -0.2) is 9.37 Å². The molecule has 0 spiro atoms. The highest BCUT2D eigenvalue weighted by Crippen LogP contribution is 2.29. The Balaban J connectivity index is 1.46. The zero-order valence-electron chi connectivity index (χ0n) is 16.6. The van der Waals surface area contributed by atoms with Gasteiger partial charge < -0.3 is 20.0 Å². The zero-order valence-corrected chi connectivity index (χ0v) is 17.4. The molecule has 10 heteroatoms. The summed E-state index contributed by atoms with van der Waals surface area (Å²) in [5.74, 6) is -1.32. The van der Waals surface area contributed by atoms with Gasteiger partial charge in [0.25, 0.3) is 5.91 Å². The molecule has 1 aliphatic rings. The molecule has 2 aromatic heterocycles. The van der Waals surface area contributed by atoms with Crippen LogP contribution in [0, 0.1) is 5.82 Å². The summed E-state index contributed by atoms with van der Waals surface area (Å²) >= 11 is 1.16. The van der Waals surface area contributed by atoms with Crippen LogP contribution in [-0.2, 0) is 9.59 Å². The molecule has 1 fully saturated rings. The van der Waals surface area contributed by atoms with E-state index in [0.717, 1.165) is 11.3 Å². The number of aromatic nitrogens is 1. The molecule has 1 aromatic carbocycles. The number of hydrogen-bond acceptors (Lipinski definition) is 6. The Bertz CT molecular complexity index is 1130. The minimum absolute atomic E-state index is 0.189. The maximum absolute atomic E-state index is 14.5. The van der Waals surface area contributed by atoms with Gasteiger partial charge in [-0.15, -0.1) is 11.3 Å². The molecule has 1 unspecified atom stereocenters. The number of furan rings is 1. The van der Waals surface area contributed by atoms with Gasteiger partial charge in [-0.05, 0) is 43.2 Å². The lowest BCUT2D eigenvalue weighted by Gasteiger charge is -2.22. The van der Waals surface area contributed by atoms with E-state index in [0.29, 0.717) is 35.9 Å². The van der Waals surface area contributed by atoms with Crippen molar-refractivity contribution >= 4 is 39.9 Å². The molecule has 2 N–H and O–H groups in total. The summed E-state index contributed by atoms with van der Waals surface area (Å²) in [4.78, 5) is 42.2. The summed E-state index contributed by atoms with van der Waals surface area (Å²) in [5, 5.41) is 7.18. The number of carbonyl (C=O) groups excluding carboxylic acids is 3. The van der Waals surface area contributed by atoms with Crippen LogP contribution in [0.25, 0.3) is 11.3 Å².